The van der Waals surface area contributed by atoms with Gasteiger partial charge in [-0.15, -0.1) is 0 Å². The molecule has 0 saturated carbocycles. The van der Waals surface area contributed by atoms with Crippen LogP contribution in [0, 0.1) is 7.14 Å². The summed E-state index contributed by atoms with van der Waals surface area (Å²) in [4.78, 5) is 31.1. The lowest BCUT2D eigenvalue weighted by molar-refractivity contribution is -0.597. The Labute approximate surface area is 173 Å². The van der Waals surface area contributed by atoms with Crippen LogP contribution >= 0.6 is 0 Å². The number of esters is 1. The second kappa shape index (κ2) is 7.75. The van der Waals surface area contributed by atoms with Crippen LogP contribution in [0.15, 0.2) is 54.9 Å². The number of aromatic nitrogens is 2. The van der Waals surface area contributed by atoms with Gasteiger partial charge < -0.3 is 9.64 Å². The number of nitrogens with zero attached hydrogens (tertiary/aromatic N) is 3. The topological polar surface area (TPSA) is 64.4 Å². The van der Waals surface area contributed by atoms with Crippen molar-refractivity contribution in [2.45, 2.75) is 13.5 Å². The van der Waals surface area contributed by atoms with Gasteiger partial charge in [0, 0.05) is 13.1 Å². The minimum atomic E-state index is -0.466. The van der Waals surface area contributed by atoms with Gasteiger partial charge in [0.25, 0.3) is 5.91 Å². The Balaban J connectivity index is 1.77. The SMILES string of the molecule is CCOC(=O)c1ncn2c1CN(C)C(=O)c1cc([I+]c3ccccc3)ccc1-2. The number of imidazole rings is 1. The number of fused-ring (bicyclic) bond motifs is 3. The number of hydrogen-bond donors (Lipinski definition) is 0. The van der Waals surface area contributed by atoms with E-state index in [9.17, 15) is 9.59 Å². The first-order chi connectivity index (χ1) is 13.6. The van der Waals surface area contributed by atoms with E-state index in [1.807, 2.05) is 34.9 Å². The van der Waals surface area contributed by atoms with E-state index in [-0.39, 0.29) is 39.4 Å². The molecule has 0 bridgehead atoms. The highest BCUT2D eigenvalue weighted by atomic mass is 127. The third kappa shape index (κ3) is 3.42. The smallest absolute Gasteiger partial charge is 0.358 e. The number of ether oxygens (including phenoxy) is 1. The van der Waals surface area contributed by atoms with Gasteiger partial charge in [-0.2, -0.15) is 0 Å². The molecule has 0 aliphatic carbocycles. The number of hydrogen-bond acceptors (Lipinski definition) is 4. The van der Waals surface area contributed by atoms with E-state index in [1.165, 1.54) is 7.14 Å². The summed E-state index contributed by atoms with van der Waals surface area (Å²) in [5.74, 6) is -0.528. The van der Waals surface area contributed by atoms with Crippen molar-refractivity contribution < 1.29 is 35.5 Å². The molecule has 1 aliphatic rings. The number of amides is 1. The van der Waals surface area contributed by atoms with Crippen molar-refractivity contribution in [2.75, 3.05) is 13.7 Å². The predicted octanol–water partition coefficient (Wildman–Crippen LogP) is -0.237. The van der Waals surface area contributed by atoms with E-state index in [0.717, 1.165) is 5.69 Å². The molecule has 1 aromatic heterocycles. The predicted molar refractivity (Wildman–Crippen MR) is 99.2 cm³/mol. The molecule has 0 spiro atoms. The van der Waals surface area contributed by atoms with Crippen LogP contribution in [-0.4, -0.2) is 40.0 Å². The number of carbonyl (C=O) groups is 2. The highest BCUT2D eigenvalue weighted by Crippen LogP contribution is 2.25. The summed E-state index contributed by atoms with van der Waals surface area (Å²) in [6.45, 7) is 2.34. The Kier molecular flexibility index (Phi) is 5.17. The van der Waals surface area contributed by atoms with Crippen LogP contribution in [0.4, 0.5) is 0 Å². The van der Waals surface area contributed by atoms with Crippen molar-refractivity contribution in [1.82, 2.24) is 14.5 Å². The van der Waals surface area contributed by atoms with Crippen molar-refractivity contribution >= 4 is 11.9 Å². The molecule has 0 unspecified atom stereocenters. The van der Waals surface area contributed by atoms with Crippen molar-refractivity contribution in [3.8, 4) is 5.69 Å². The fourth-order valence-corrected chi connectivity index (χ4v) is 5.48. The van der Waals surface area contributed by atoms with Gasteiger partial charge in [0.15, 0.2) is 12.8 Å². The van der Waals surface area contributed by atoms with Gasteiger partial charge in [-0.3, -0.25) is 9.36 Å². The molecule has 2 aromatic carbocycles. The second-order valence-electron chi connectivity index (χ2n) is 6.34. The van der Waals surface area contributed by atoms with E-state index in [4.69, 9.17) is 4.74 Å². The quantitative estimate of drug-likeness (QED) is 0.376. The van der Waals surface area contributed by atoms with Crippen molar-refractivity contribution in [3.05, 3.63) is 78.9 Å². The summed E-state index contributed by atoms with van der Waals surface area (Å²) in [7, 11) is 1.74. The summed E-state index contributed by atoms with van der Waals surface area (Å²) in [6.07, 6.45) is 1.60. The molecule has 142 valence electrons. The van der Waals surface area contributed by atoms with Crippen LogP contribution in [0.5, 0.6) is 0 Å². The molecular formula is C21H19IN3O3+. The molecule has 0 N–H and O–H groups in total. The normalized spacial score (nSPS) is 12.9. The molecule has 0 radical (unpaired) electrons. The summed E-state index contributed by atoms with van der Waals surface area (Å²) >= 11 is -0.380. The molecule has 0 saturated heterocycles. The van der Waals surface area contributed by atoms with E-state index < -0.39 is 5.97 Å². The minimum Gasteiger partial charge on any atom is -0.461 e. The zero-order chi connectivity index (χ0) is 19.7. The van der Waals surface area contributed by atoms with E-state index >= 15 is 0 Å². The lowest BCUT2D eigenvalue weighted by Crippen LogP contribution is -3.61. The number of carbonyl (C=O) groups excluding carboxylic acids is 2. The zero-order valence-corrected chi connectivity index (χ0v) is 17.7. The van der Waals surface area contributed by atoms with Crippen LogP contribution in [0.3, 0.4) is 0 Å². The molecule has 28 heavy (non-hydrogen) atoms. The fourth-order valence-electron chi connectivity index (χ4n) is 3.16. The zero-order valence-electron chi connectivity index (χ0n) is 15.6. The van der Waals surface area contributed by atoms with E-state index in [0.29, 0.717) is 17.8 Å². The molecule has 0 atom stereocenters. The van der Waals surface area contributed by atoms with Crippen molar-refractivity contribution in [3.63, 3.8) is 0 Å². The van der Waals surface area contributed by atoms with Gasteiger partial charge in [-0.25, -0.2) is 9.78 Å². The number of rotatable bonds is 4. The third-order valence-electron chi connectivity index (χ3n) is 4.47. The monoisotopic (exact) mass is 488 g/mol. The molecule has 6 nitrogen and oxygen atoms in total. The third-order valence-corrected chi connectivity index (χ3v) is 7.10. The van der Waals surface area contributed by atoms with Crippen molar-refractivity contribution in [2.24, 2.45) is 0 Å². The van der Waals surface area contributed by atoms with Crippen molar-refractivity contribution in [1.29, 1.82) is 0 Å². The number of halogens is 1. The molecule has 4 rings (SSSR count). The molecule has 1 aliphatic heterocycles. The largest absolute Gasteiger partial charge is 0.461 e. The Morgan fingerprint density at radius 1 is 1.18 bits per heavy atom. The van der Waals surface area contributed by atoms with Crippen LogP contribution in [0.25, 0.3) is 5.69 Å². The highest BCUT2D eigenvalue weighted by Gasteiger charge is 2.30. The van der Waals surface area contributed by atoms with Gasteiger partial charge in [0.2, 0.25) is 0 Å². The van der Waals surface area contributed by atoms with Crippen LogP contribution < -0.4 is 21.2 Å². The lowest BCUT2D eigenvalue weighted by Gasteiger charge is -2.14. The average Bonchev–Trinajstić information content (AvgIpc) is 3.07. The maximum absolute atomic E-state index is 13.0. The molecule has 3 aromatic rings. The van der Waals surface area contributed by atoms with Crippen LogP contribution in [0.1, 0.15) is 33.5 Å². The van der Waals surface area contributed by atoms with E-state index in [1.54, 1.807) is 25.2 Å². The Hall–Kier alpha value is -2.68. The first-order valence-corrected chi connectivity index (χ1v) is 11.1. The Morgan fingerprint density at radius 2 is 1.96 bits per heavy atom. The van der Waals surface area contributed by atoms with Gasteiger partial charge in [0.1, 0.15) is 6.33 Å². The summed E-state index contributed by atoms with van der Waals surface area (Å²) in [5.41, 5.74) is 2.30. The fraction of sp³-hybridized carbons (Fsp3) is 0.190. The Morgan fingerprint density at radius 3 is 2.71 bits per heavy atom. The van der Waals surface area contributed by atoms with Crippen LogP contribution in [0.2, 0.25) is 0 Å². The first kappa shape index (κ1) is 18.7. The summed E-state index contributed by atoms with van der Waals surface area (Å²) < 4.78 is 9.40. The van der Waals surface area contributed by atoms with Gasteiger partial charge >= 0.3 is 27.2 Å². The first-order valence-electron chi connectivity index (χ1n) is 8.91. The van der Waals surface area contributed by atoms with Crippen LogP contribution in [-0.2, 0) is 11.3 Å². The maximum Gasteiger partial charge on any atom is 0.358 e. The average molecular weight is 488 g/mol. The summed E-state index contributed by atoms with van der Waals surface area (Å²) in [6, 6.07) is 16.3. The highest BCUT2D eigenvalue weighted by molar-refractivity contribution is 5.98. The lowest BCUT2D eigenvalue weighted by atomic mass is 10.1. The minimum absolute atomic E-state index is 0.0626. The summed E-state index contributed by atoms with van der Waals surface area (Å²) in [5, 5.41) is 0. The molecule has 0 fully saturated rings. The van der Waals surface area contributed by atoms with Gasteiger partial charge in [-0.1, -0.05) is 18.2 Å². The van der Waals surface area contributed by atoms with E-state index in [2.05, 4.69) is 23.2 Å². The maximum atomic E-state index is 13.0. The standard InChI is InChI=1S/C21H19IN3O3/c1-3-28-21(27)19-18-12-24(2)20(26)16-11-15(22-14-7-5-4-6-8-14)9-10-17(16)25(18)13-23-19/h4-11,13H,3,12H2,1-2H3/q+1. The van der Waals surface area contributed by atoms with Gasteiger partial charge in [0.05, 0.1) is 30.1 Å². The molecular weight excluding hydrogens is 469 g/mol. The van der Waals surface area contributed by atoms with Gasteiger partial charge in [-0.05, 0) is 31.2 Å². The molecule has 1 amide bonds. The Bertz CT molecular complexity index is 1050. The second-order valence-corrected chi connectivity index (χ2v) is 9.37. The molecule has 7 heteroatoms. The molecule has 2 heterocycles. The number of benzene rings is 2.